The second-order valence-electron chi connectivity index (χ2n) is 4.58. The summed E-state index contributed by atoms with van der Waals surface area (Å²) in [5.74, 6) is 0. The molecule has 0 N–H and O–H groups in total. The van der Waals surface area contributed by atoms with Crippen molar-refractivity contribution in [3.63, 3.8) is 0 Å². The van der Waals surface area contributed by atoms with Crippen molar-refractivity contribution in [2.75, 3.05) is 7.11 Å². The van der Waals surface area contributed by atoms with E-state index in [4.69, 9.17) is 4.74 Å². The quantitative estimate of drug-likeness (QED) is 0.720. The Bertz CT molecular complexity index is 301. The molecule has 0 aliphatic carbocycles. The van der Waals surface area contributed by atoms with Gasteiger partial charge in [-0.1, -0.05) is 26.8 Å². The second kappa shape index (κ2) is 4.09. The van der Waals surface area contributed by atoms with Crippen LogP contribution in [0.5, 0.6) is 0 Å². The van der Waals surface area contributed by atoms with E-state index in [9.17, 15) is 0 Å². The molecule has 1 rings (SSSR count). The summed E-state index contributed by atoms with van der Waals surface area (Å²) in [6.07, 6.45) is 0.0669. The average molecular weight is 193 g/mol. The van der Waals surface area contributed by atoms with E-state index >= 15 is 0 Å². The molecule has 1 atom stereocenters. The lowest BCUT2D eigenvalue weighted by molar-refractivity contribution is 0.115. The summed E-state index contributed by atoms with van der Waals surface area (Å²) in [4.78, 5) is 4.59. The van der Waals surface area contributed by atoms with E-state index in [-0.39, 0.29) is 11.5 Å². The van der Waals surface area contributed by atoms with Gasteiger partial charge in [-0.15, -0.1) is 0 Å². The molecular formula is C12H19NO. The first-order valence-corrected chi connectivity index (χ1v) is 4.95. The molecule has 0 aromatic carbocycles. The van der Waals surface area contributed by atoms with Crippen LogP contribution < -0.4 is 0 Å². The molecule has 1 aromatic rings. The van der Waals surface area contributed by atoms with Gasteiger partial charge in [-0.3, -0.25) is 4.98 Å². The monoisotopic (exact) mass is 193 g/mol. The predicted molar refractivity (Wildman–Crippen MR) is 58.4 cm³/mol. The van der Waals surface area contributed by atoms with Crippen molar-refractivity contribution < 1.29 is 4.74 Å². The molecule has 0 radical (unpaired) electrons. The normalized spacial score (nSPS) is 14.1. The molecule has 14 heavy (non-hydrogen) atoms. The number of nitrogens with zero attached hydrogens (tertiary/aromatic N) is 1. The fourth-order valence-electron chi connectivity index (χ4n) is 1.22. The third kappa shape index (κ3) is 2.55. The van der Waals surface area contributed by atoms with Gasteiger partial charge in [-0.2, -0.15) is 0 Å². The third-order valence-corrected chi connectivity index (χ3v) is 2.31. The number of pyridine rings is 1. The Labute approximate surface area is 86.3 Å². The minimum atomic E-state index is 0.0669. The van der Waals surface area contributed by atoms with Crippen molar-refractivity contribution >= 4 is 0 Å². The maximum Gasteiger partial charge on any atom is 0.0962 e. The van der Waals surface area contributed by atoms with E-state index in [2.05, 4.69) is 31.8 Å². The highest BCUT2D eigenvalue weighted by atomic mass is 16.5. The summed E-state index contributed by atoms with van der Waals surface area (Å²) in [6, 6.07) is 6.10. The molecule has 0 saturated heterocycles. The van der Waals surface area contributed by atoms with Crippen LogP contribution in [-0.2, 0) is 10.2 Å². The molecule has 0 aliphatic rings. The van der Waals surface area contributed by atoms with Crippen LogP contribution in [0.3, 0.4) is 0 Å². The number of methoxy groups -OCH3 is 1. The van der Waals surface area contributed by atoms with Gasteiger partial charge in [0.25, 0.3) is 0 Å². The van der Waals surface area contributed by atoms with Gasteiger partial charge in [0, 0.05) is 18.2 Å². The molecule has 2 heteroatoms. The summed E-state index contributed by atoms with van der Waals surface area (Å²) in [5.41, 5.74) is 2.21. The molecule has 0 bridgehead atoms. The van der Waals surface area contributed by atoms with Crippen molar-refractivity contribution in [2.24, 2.45) is 0 Å². The smallest absolute Gasteiger partial charge is 0.0962 e. The summed E-state index contributed by atoms with van der Waals surface area (Å²) >= 11 is 0. The average Bonchev–Trinajstić information content (AvgIpc) is 2.15. The summed E-state index contributed by atoms with van der Waals surface area (Å²) in [5, 5.41) is 0. The molecular weight excluding hydrogens is 174 g/mol. The lowest BCUT2D eigenvalue weighted by atomic mass is 9.91. The third-order valence-electron chi connectivity index (χ3n) is 2.31. The van der Waals surface area contributed by atoms with Crippen molar-refractivity contribution in [2.45, 2.75) is 39.2 Å². The number of ether oxygens (including phenoxy) is 1. The van der Waals surface area contributed by atoms with Crippen molar-refractivity contribution in [1.29, 1.82) is 0 Å². The fraction of sp³-hybridized carbons (Fsp3) is 0.583. The Kier molecular flexibility index (Phi) is 3.27. The van der Waals surface area contributed by atoms with Crippen molar-refractivity contribution in [3.8, 4) is 0 Å². The maximum atomic E-state index is 5.24. The van der Waals surface area contributed by atoms with E-state index in [0.29, 0.717) is 0 Å². The lowest BCUT2D eigenvalue weighted by Gasteiger charge is -2.19. The molecule has 1 aromatic heterocycles. The van der Waals surface area contributed by atoms with E-state index in [0.717, 1.165) is 11.4 Å². The van der Waals surface area contributed by atoms with E-state index < -0.39 is 0 Å². The summed E-state index contributed by atoms with van der Waals surface area (Å²) < 4.78 is 5.24. The zero-order valence-electron chi connectivity index (χ0n) is 9.66. The standard InChI is InChI=1S/C12H19NO/c1-9(14-5)10-7-6-8-11(13-10)12(2,3)4/h6-9H,1-5H3/t9-/m1/s1. The minimum Gasteiger partial charge on any atom is -0.375 e. The second-order valence-corrected chi connectivity index (χ2v) is 4.58. The highest BCUT2D eigenvalue weighted by molar-refractivity contribution is 5.18. The zero-order valence-corrected chi connectivity index (χ0v) is 9.66. The van der Waals surface area contributed by atoms with Gasteiger partial charge in [0.1, 0.15) is 0 Å². The van der Waals surface area contributed by atoms with Crippen molar-refractivity contribution in [3.05, 3.63) is 29.6 Å². The van der Waals surface area contributed by atoms with Crippen LogP contribution in [0.25, 0.3) is 0 Å². The minimum absolute atomic E-state index is 0.0669. The van der Waals surface area contributed by atoms with Gasteiger partial charge < -0.3 is 4.74 Å². The first kappa shape index (κ1) is 11.2. The predicted octanol–water partition coefficient (Wildman–Crippen LogP) is 3.09. The van der Waals surface area contributed by atoms with Gasteiger partial charge >= 0.3 is 0 Å². The molecule has 0 fully saturated rings. The molecule has 0 amide bonds. The Hall–Kier alpha value is -0.890. The highest BCUT2D eigenvalue weighted by Crippen LogP contribution is 2.22. The van der Waals surface area contributed by atoms with Crippen LogP contribution in [-0.4, -0.2) is 12.1 Å². The Morgan fingerprint density at radius 2 is 1.93 bits per heavy atom. The molecule has 0 unspecified atom stereocenters. The first-order chi connectivity index (χ1) is 6.45. The maximum absolute atomic E-state index is 5.24. The molecule has 78 valence electrons. The highest BCUT2D eigenvalue weighted by Gasteiger charge is 2.16. The number of hydrogen-bond donors (Lipinski definition) is 0. The molecule has 0 aliphatic heterocycles. The van der Waals surface area contributed by atoms with Gasteiger partial charge in [0.15, 0.2) is 0 Å². The topological polar surface area (TPSA) is 22.1 Å². The van der Waals surface area contributed by atoms with Crippen LogP contribution in [0.4, 0.5) is 0 Å². The van der Waals surface area contributed by atoms with Crippen LogP contribution in [0, 0.1) is 0 Å². The van der Waals surface area contributed by atoms with Crippen LogP contribution in [0.2, 0.25) is 0 Å². The molecule has 2 nitrogen and oxygen atoms in total. The summed E-state index contributed by atoms with van der Waals surface area (Å²) in [6.45, 7) is 8.50. The SMILES string of the molecule is CO[C@H](C)c1cccc(C(C)(C)C)n1. The summed E-state index contributed by atoms with van der Waals surface area (Å²) in [7, 11) is 1.70. The van der Waals surface area contributed by atoms with Crippen LogP contribution >= 0.6 is 0 Å². The van der Waals surface area contributed by atoms with Crippen molar-refractivity contribution in [1.82, 2.24) is 4.98 Å². The van der Waals surface area contributed by atoms with Crippen LogP contribution in [0.1, 0.15) is 45.2 Å². The number of hydrogen-bond acceptors (Lipinski definition) is 2. The number of rotatable bonds is 2. The lowest BCUT2D eigenvalue weighted by Crippen LogP contribution is -2.15. The van der Waals surface area contributed by atoms with Gasteiger partial charge in [-0.25, -0.2) is 0 Å². The molecule has 0 saturated carbocycles. The van der Waals surface area contributed by atoms with Crippen LogP contribution in [0.15, 0.2) is 18.2 Å². The molecule has 0 spiro atoms. The fourth-order valence-corrected chi connectivity index (χ4v) is 1.22. The largest absolute Gasteiger partial charge is 0.375 e. The van der Waals surface area contributed by atoms with Gasteiger partial charge in [0.2, 0.25) is 0 Å². The number of aromatic nitrogens is 1. The van der Waals surface area contributed by atoms with E-state index in [1.165, 1.54) is 0 Å². The first-order valence-electron chi connectivity index (χ1n) is 4.95. The Morgan fingerprint density at radius 1 is 1.29 bits per heavy atom. The van der Waals surface area contributed by atoms with Gasteiger partial charge in [-0.05, 0) is 19.1 Å². The Balaban J connectivity index is 3.01. The Morgan fingerprint density at radius 3 is 2.43 bits per heavy atom. The molecule has 1 heterocycles. The van der Waals surface area contributed by atoms with E-state index in [1.54, 1.807) is 7.11 Å². The van der Waals surface area contributed by atoms with E-state index in [1.807, 2.05) is 19.1 Å². The zero-order chi connectivity index (χ0) is 10.8. The van der Waals surface area contributed by atoms with Gasteiger partial charge in [0.05, 0.1) is 11.8 Å².